The molecule has 1 unspecified atom stereocenters. The van der Waals surface area contributed by atoms with Crippen LogP contribution < -0.4 is 10.8 Å². The largest absolute Gasteiger partial charge is 0.459 e. The molecule has 0 amide bonds. The van der Waals surface area contributed by atoms with Crippen molar-refractivity contribution in [2.45, 2.75) is 13.3 Å². The standard InChI is InChI=1S/C13H30N6O4P/c1-3-4-18(5-8-20)11-15-13(17-24(2)23)16-12(14)19(6-9-21)7-10-22/h20-22H,3-11H2,1-2H3,(H3,14,15,16,17,23)/q+1. The van der Waals surface area contributed by atoms with Crippen molar-refractivity contribution in [2.24, 2.45) is 15.7 Å². The molecule has 0 aliphatic carbocycles. The molecule has 6 N–H and O–H groups in total. The van der Waals surface area contributed by atoms with Crippen LogP contribution in [0.1, 0.15) is 13.3 Å². The molecule has 0 aliphatic rings. The Morgan fingerprint density at radius 1 is 1.12 bits per heavy atom. The molecule has 0 aromatic rings. The highest BCUT2D eigenvalue weighted by Gasteiger charge is 2.14. The summed E-state index contributed by atoms with van der Waals surface area (Å²) in [5, 5.41) is 29.8. The highest BCUT2D eigenvalue weighted by atomic mass is 31.1. The van der Waals surface area contributed by atoms with Crippen LogP contribution in [-0.2, 0) is 4.57 Å². The molecule has 0 aromatic heterocycles. The Kier molecular flexibility index (Phi) is 13.3. The van der Waals surface area contributed by atoms with E-state index in [2.05, 4.69) is 15.1 Å². The van der Waals surface area contributed by atoms with Gasteiger partial charge >= 0.3 is 7.95 Å². The van der Waals surface area contributed by atoms with Gasteiger partial charge in [0.05, 0.1) is 26.5 Å². The predicted octanol–water partition coefficient (Wildman–Crippen LogP) is -1.43. The quantitative estimate of drug-likeness (QED) is 0.170. The maximum atomic E-state index is 11.5. The van der Waals surface area contributed by atoms with Crippen LogP contribution in [0.3, 0.4) is 0 Å². The lowest BCUT2D eigenvalue weighted by molar-refractivity contribution is 0.199. The third-order valence-corrected chi connectivity index (χ3v) is 3.43. The molecule has 1 atom stereocenters. The van der Waals surface area contributed by atoms with Crippen molar-refractivity contribution in [1.29, 1.82) is 0 Å². The molecule has 0 bridgehead atoms. The summed E-state index contributed by atoms with van der Waals surface area (Å²) in [6, 6.07) is 0. The van der Waals surface area contributed by atoms with Gasteiger partial charge in [-0.2, -0.15) is 4.99 Å². The summed E-state index contributed by atoms with van der Waals surface area (Å²) in [7, 11) is -1.73. The summed E-state index contributed by atoms with van der Waals surface area (Å²) in [4.78, 5) is 11.8. The molecule has 0 rings (SSSR count). The Hall–Kier alpha value is -1.32. The molecule has 11 heteroatoms. The van der Waals surface area contributed by atoms with Crippen molar-refractivity contribution in [3.8, 4) is 0 Å². The summed E-state index contributed by atoms with van der Waals surface area (Å²) >= 11 is 0. The maximum absolute atomic E-state index is 11.5. The van der Waals surface area contributed by atoms with Gasteiger partial charge in [-0.1, -0.05) is 6.92 Å². The van der Waals surface area contributed by atoms with Crippen LogP contribution in [0.25, 0.3) is 0 Å². The van der Waals surface area contributed by atoms with E-state index in [4.69, 9.17) is 21.1 Å². The van der Waals surface area contributed by atoms with Gasteiger partial charge in [0.25, 0.3) is 5.96 Å². The average Bonchev–Trinajstić information content (AvgIpc) is 2.52. The molecular formula is C13H30N6O4P+. The topological polar surface area (TPSA) is 147 Å². The van der Waals surface area contributed by atoms with E-state index in [1.165, 1.54) is 11.6 Å². The first kappa shape index (κ1) is 22.7. The number of hydrogen-bond acceptors (Lipinski definition) is 6. The van der Waals surface area contributed by atoms with Gasteiger partial charge in [0, 0.05) is 19.6 Å². The molecule has 10 nitrogen and oxygen atoms in total. The summed E-state index contributed by atoms with van der Waals surface area (Å²) in [5.41, 5.74) is 5.87. The Morgan fingerprint density at radius 2 is 1.71 bits per heavy atom. The van der Waals surface area contributed by atoms with Crippen LogP contribution >= 0.6 is 7.95 Å². The van der Waals surface area contributed by atoms with Crippen LogP contribution in [0, 0.1) is 0 Å². The fourth-order valence-corrected chi connectivity index (χ4v) is 2.28. The number of rotatable bonds is 11. The van der Waals surface area contributed by atoms with Crippen LogP contribution in [0.2, 0.25) is 0 Å². The Bertz CT molecular complexity index is 409. The fraction of sp³-hybridized carbons (Fsp3) is 0.846. The summed E-state index contributed by atoms with van der Waals surface area (Å²) in [6.07, 6.45) is 0.909. The summed E-state index contributed by atoms with van der Waals surface area (Å²) in [6.45, 7) is 5.18. The number of aliphatic hydroxyl groups excluding tert-OH is 3. The van der Waals surface area contributed by atoms with Crippen molar-refractivity contribution in [2.75, 3.05) is 59.3 Å². The number of aliphatic imine (C=N–C) groups is 2. The average molecular weight is 365 g/mol. The Morgan fingerprint density at radius 3 is 2.17 bits per heavy atom. The first-order valence-electron chi connectivity index (χ1n) is 7.84. The lowest BCUT2D eigenvalue weighted by Gasteiger charge is -2.21. The number of hydrogen-bond donors (Lipinski definition) is 5. The number of guanidine groups is 2. The van der Waals surface area contributed by atoms with Crippen LogP contribution in [0.5, 0.6) is 0 Å². The number of nitrogens with zero attached hydrogens (tertiary/aromatic N) is 4. The van der Waals surface area contributed by atoms with Crippen molar-refractivity contribution in [3.05, 3.63) is 0 Å². The zero-order chi connectivity index (χ0) is 18.4. The van der Waals surface area contributed by atoms with Gasteiger partial charge in [-0.05, 0) is 17.5 Å². The number of nitrogens with two attached hydrogens (primary N) is 1. The highest BCUT2D eigenvalue weighted by molar-refractivity contribution is 7.42. The molecule has 0 saturated heterocycles. The molecule has 0 fully saturated rings. The molecule has 0 aliphatic heterocycles. The van der Waals surface area contributed by atoms with E-state index in [-0.39, 0.29) is 51.5 Å². The van der Waals surface area contributed by atoms with Crippen LogP contribution in [-0.4, -0.2) is 96.4 Å². The van der Waals surface area contributed by atoms with E-state index in [9.17, 15) is 4.57 Å². The smallest absolute Gasteiger partial charge is 0.395 e. The van der Waals surface area contributed by atoms with E-state index in [0.29, 0.717) is 6.54 Å². The third kappa shape index (κ3) is 10.5. The van der Waals surface area contributed by atoms with Crippen molar-refractivity contribution in [1.82, 2.24) is 14.9 Å². The van der Waals surface area contributed by atoms with E-state index in [1.807, 2.05) is 11.8 Å². The summed E-state index contributed by atoms with van der Waals surface area (Å²) < 4.78 is 11.5. The molecule has 140 valence electrons. The molecule has 0 saturated carbocycles. The minimum Gasteiger partial charge on any atom is -0.395 e. The SMILES string of the molecule is CCCN(CCO)CN=C(/N=C(\N)N(CCO)CCO)N[P+](C)=O. The van der Waals surface area contributed by atoms with Gasteiger partial charge < -0.3 is 26.0 Å². The van der Waals surface area contributed by atoms with Gasteiger partial charge in [-0.25, -0.2) is 4.99 Å². The molecule has 0 radical (unpaired) electrons. The third-order valence-electron chi connectivity index (χ3n) is 2.92. The van der Waals surface area contributed by atoms with Gasteiger partial charge in [-0.15, -0.1) is 5.09 Å². The monoisotopic (exact) mass is 365 g/mol. The fourth-order valence-electron chi connectivity index (χ4n) is 1.88. The minimum atomic E-state index is -1.73. The lowest BCUT2D eigenvalue weighted by Crippen LogP contribution is -2.42. The predicted molar refractivity (Wildman–Crippen MR) is 95.3 cm³/mol. The van der Waals surface area contributed by atoms with Gasteiger partial charge in [0.2, 0.25) is 0 Å². The summed E-state index contributed by atoms with van der Waals surface area (Å²) in [5.74, 6) is 0.168. The zero-order valence-electron chi connectivity index (χ0n) is 14.4. The van der Waals surface area contributed by atoms with E-state index in [1.54, 1.807) is 0 Å². The molecule has 0 spiro atoms. The van der Waals surface area contributed by atoms with E-state index < -0.39 is 7.95 Å². The van der Waals surface area contributed by atoms with E-state index in [0.717, 1.165) is 13.0 Å². The molecule has 0 aromatic carbocycles. The van der Waals surface area contributed by atoms with Gasteiger partial charge in [-0.3, -0.25) is 4.90 Å². The van der Waals surface area contributed by atoms with Gasteiger partial charge in [0.15, 0.2) is 12.6 Å². The van der Waals surface area contributed by atoms with Crippen molar-refractivity contribution in [3.63, 3.8) is 0 Å². The highest BCUT2D eigenvalue weighted by Crippen LogP contribution is 2.06. The molecular weight excluding hydrogens is 335 g/mol. The lowest BCUT2D eigenvalue weighted by atomic mass is 10.4. The zero-order valence-corrected chi connectivity index (χ0v) is 15.3. The van der Waals surface area contributed by atoms with E-state index >= 15 is 0 Å². The first-order valence-corrected chi connectivity index (χ1v) is 9.55. The Balaban J connectivity index is 5.16. The first-order chi connectivity index (χ1) is 11.5. The maximum Gasteiger partial charge on any atom is 0.459 e. The number of nitrogens with one attached hydrogen (secondary N) is 1. The normalized spacial score (nSPS) is 13.3. The second-order valence-corrected chi connectivity index (χ2v) is 6.20. The second kappa shape index (κ2) is 14.1. The van der Waals surface area contributed by atoms with Crippen molar-refractivity contribution < 1.29 is 19.9 Å². The van der Waals surface area contributed by atoms with Crippen molar-refractivity contribution >= 4 is 19.9 Å². The Labute approximate surface area is 143 Å². The molecule has 24 heavy (non-hydrogen) atoms. The molecule has 0 heterocycles. The van der Waals surface area contributed by atoms with Gasteiger partial charge in [0.1, 0.15) is 0 Å². The number of aliphatic hydroxyl groups is 3. The van der Waals surface area contributed by atoms with Crippen LogP contribution in [0.4, 0.5) is 0 Å². The minimum absolute atomic E-state index is 0.0203. The van der Waals surface area contributed by atoms with Crippen LogP contribution in [0.15, 0.2) is 9.98 Å². The second-order valence-electron chi connectivity index (χ2n) is 4.98.